The molecule has 0 aromatic carbocycles. The summed E-state index contributed by atoms with van der Waals surface area (Å²) in [4.78, 5) is 27.1. The maximum atomic E-state index is 12.7. The second kappa shape index (κ2) is 5.20. The van der Waals surface area contributed by atoms with Gasteiger partial charge in [0.05, 0.1) is 5.69 Å². The Bertz CT molecular complexity index is 554. The molecule has 0 aliphatic carbocycles. The molecule has 0 bridgehead atoms. The van der Waals surface area contributed by atoms with E-state index in [1.807, 2.05) is 64.4 Å². The van der Waals surface area contributed by atoms with Crippen LogP contribution in [-0.2, 0) is 9.59 Å². The van der Waals surface area contributed by atoms with Crippen molar-refractivity contribution in [3.8, 4) is 0 Å². The second-order valence-electron chi connectivity index (χ2n) is 7.00. The molecule has 0 spiro atoms. The van der Waals surface area contributed by atoms with Gasteiger partial charge in [-0.1, -0.05) is 0 Å². The van der Waals surface area contributed by atoms with Crippen LogP contribution in [0.1, 0.15) is 59.3 Å². The van der Waals surface area contributed by atoms with Gasteiger partial charge in [0.25, 0.3) is 0 Å². The van der Waals surface area contributed by atoms with Crippen LogP contribution in [0.3, 0.4) is 0 Å². The summed E-state index contributed by atoms with van der Waals surface area (Å²) in [6, 6.07) is 2.95. The molecule has 1 aromatic rings. The molecule has 1 aliphatic heterocycles. The van der Waals surface area contributed by atoms with Crippen LogP contribution < -0.4 is 5.32 Å². The van der Waals surface area contributed by atoms with E-state index in [-0.39, 0.29) is 29.4 Å². The fourth-order valence-corrected chi connectivity index (χ4v) is 2.85. The standard InChI is InChI=1S/C16H25N3O2/c1-10(2)19-13(14(20)17-16(4,5)6)12-8-7-9-18(12)11(3)15(19)21/h7-11,13H,1-6H3,(H,17,20)/t11-,13-/m0/s1. The molecule has 0 radical (unpaired) electrons. The average Bonchev–Trinajstić information content (AvgIpc) is 2.79. The molecule has 2 heterocycles. The summed E-state index contributed by atoms with van der Waals surface area (Å²) in [5.74, 6) is -0.140. The van der Waals surface area contributed by atoms with E-state index < -0.39 is 6.04 Å². The van der Waals surface area contributed by atoms with Crippen molar-refractivity contribution < 1.29 is 9.59 Å². The quantitative estimate of drug-likeness (QED) is 0.908. The van der Waals surface area contributed by atoms with Crippen molar-refractivity contribution in [2.75, 3.05) is 0 Å². The van der Waals surface area contributed by atoms with Crippen molar-refractivity contribution in [1.82, 2.24) is 14.8 Å². The second-order valence-corrected chi connectivity index (χ2v) is 7.00. The highest BCUT2D eigenvalue weighted by molar-refractivity contribution is 5.92. The summed E-state index contributed by atoms with van der Waals surface area (Å²) >= 11 is 0. The highest BCUT2D eigenvalue weighted by Gasteiger charge is 2.42. The summed E-state index contributed by atoms with van der Waals surface area (Å²) in [5.41, 5.74) is 0.543. The van der Waals surface area contributed by atoms with Crippen molar-refractivity contribution in [1.29, 1.82) is 0 Å². The normalized spacial score (nSPS) is 22.4. The number of hydrogen-bond donors (Lipinski definition) is 1. The molecule has 116 valence electrons. The molecule has 5 heteroatoms. The van der Waals surface area contributed by atoms with Crippen LogP contribution >= 0.6 is 0 Å². The Hall–Kier alpha value is -1.78. The monoisotopic (exact) mass is 291 g/mol. The number of hydrogen-bond acceptors (Lipinski definition) is 2. The third-order valence-electron chi connectivity index (χ3n) is 3.70. The smallest absolute Gasteiger partial charge is 0.249 e. The van der Waals surface area contributed by atoms with E-state index in [9.17, 15) is 9.59 Å². The van der Waals surface area contributed by atoms with Crippen LogP contribution in [0.5, 0.6) is 0 Å². The molecule has 2 amide bonds. The number of aromatic nitrogens is 1. The Morgan fingerprint density at radius 3 is 2.48 bits per heavy atom. The molecule has 5 nitrogen and oxygen atoms in total. The Labute approximate surface area is 126 Å². The number of nitrogens with zero attached hydrogens (tertiary/aromatic N) is 2. The molecule has 1 N–H and O–H groups in total. The van der Waals surface area contributed by atoms with Crippen LogP contribution in [0.25, 0.3) is 0 Å². The zero-order valence-electron chi connectivity index (χ0n) is 13.7. The fourth-order valence-electron chi connectivity index (χ4n) is 2.85. The minimum Gasteiger partial charge on any atom is -0.349 e. The van der Waals surface area contributed by atoms with Crippen molar-refractivity contribution in [2.24, 2.45) is 0 Å². The number of nitrogens with one attached hydrogen (secondary N) is 1. The lowest BCUT2D eigenvalue weighted by Gasteiger charge is -2.42. The minimum absolute atomic E-state index is 0.0113. The molecular weight excluding hydrogens is 266 g/mol. The summed E-state index contributed by atoms with van der Waals surface area (Å²) in [6.45, 7) is 11.6. The van der Waals surface area contributed by atoms with Gasteiger partial charge in [0, 0.05) is 17.8 Å². The molecule has 0 fully saturated rings. The van der Waals surface area contributed by atoms with Crippen molar-refractivity contribution in [3.05, 3.63) is 24.0 Å². The van der Waals surface area contributed by atoms with E-state index in [2.05, 4.69) is 5.32 Å². The molecule has 2 rings (SSSR count). The predicted molar refractivity (Wildman–Crippen MR) is 81.8 cm³/mol. The summed E-state index contributed by atoms with van der Waals surface area (Å²) in [6.07, 6.45) is 1.87. The number of carbonyl (C=O) groups is 2. The number of rotatable bonds is 2. The summed E-state index contributed by atoms with van der Waals surface area (Å²) in [7, 11) is 0. The van der Waals surface area contributed by atoms with Crippen molar-refractivity contribution >= 4 is 11.8 Å². The molecule has 2 atom stereocenters. The first kappa shape index (κ1) is 15.6. The van der Waals surface area contributed by atoms with Crippen LogP contribution in [0.2, 0.25) is 0 Å². The first-order chi connectivity index (χ1) is 9.63. The largest absolute Gasteiger partial charge is 0.349 e. The Balaban J connectivity index is 2.47. The maximum Gasteiger partial charge on any atom is 0.249 e. The lowest BCUT2D eigenvalue weighted by Crippen LogP contribution is -2.55. The molecule has 1 aliphatic rings. The SMILES string of the molecule is CC(C)N1C(=O)[C@H](C)n2cccc2[C@H]1C(=O)NC(C)(C)C. The van der Waals surface area contributed by atoms with Crippen LogP contribution in [-0.4, -0.2) is 32.9 Å². The van der Waals surface area contributed by atoms with E-state index in [0.29, 0.717) is 0 Å². The summed E-state index contributed by atoms with van der Waals surface area (Å²) in [5, 5.41) is 2.99. The molecule has 1 aromatic heterocycles. The van der Waals surface area contributed by atoms with Crippen molar-refractivity contribution in [2.45, 2.75) is 65.2 Å². The molecule has 0 saturated heterocycles. The molecule has 0 saturated carbocycles. The van der Waals surface area contributed by atoms with Crippen LogP contribution in [0.4, 0.5) is 0 Å². The van der Waals surface area contributed by atoms with Gasteiger partial charge in [0.15, 0.2) is 6.04 Å². The van der Waals surface area contributed by atoms with Gasteiger partial charge in [-0.3, -0.25) is 9.59 Å². The van der Waals surface area contributed by atoms with Gasteiger partial charge in [0.2, 0.25) is 11.8 Å². The van der Waals surface area contributed by atoms with Gasteiger partial charge in [-0.2, -0.15) is 0 Å². The minimum atomic E-state index is -0.567. The predicted octanol–water partition coefficient (Wildman–Crippen LogP) is 2.26. The van der Waals surface area contributed by atoms with Gasteiger partial charge in [-0.25, -0.2) is 0 Å². The highest BCUT2D eigenvalue weighted by Crippen LogP contribution is 2.34. The molecular formula is C16H25N3O2. The number of amides is 2. The van der Waals surface area contributed by atoms with Gasteiger partial charge >= 0.3 is 0 Å². The average molecular weight is 291 g/mol. The summed E-state index contributed by atoms with van der Waals surface area (Å²) < 4.78 is 1.90. The van der Waals surface area contributed by atoms with E-state index in [1.54, 1.807) is 4.90 Å². The third kappa shape index (κ3) is 2.82. The number of carbonyl (C=O) groups excluding carboxylic acids is 2. The van der Waals surface area contributed by atoms with Gasteiger partial charge < -0.3 is 14.8 Å². The Morgan fingerprint density at radius 1 is 1.33 bits per heavy atom. The van der Waals surface area contributed by atoms with Crippen LogP contribution in [0, 0.1) is 0 Å². The molecule has 21 heavy (non-hydrogen) atoms. The number of fused-ring (bicyclic) bond motifs is 1. The van der Waals surface area contributed by atoms with E-state index in [1.165, 1.54) is 0 Å². The van der Waals surface area contributed by atoms with E-state index >= 15 is 0 Å². The molecule has 0 unspecified atom stereocenters. The topological polar surface area (TPSA) is 54.3 Å². The highest BCUT2D eigenvalue weighted by atomic mass is 16.2. The maximum absolute atomic E-state index is 12.7. The van der Waals surface area contributed by atoms with Crippen LogP contribution in [0.15, 0.2) is 18.3 Å². The third-order valence-corrected chi connectivity index (χ3v) is 3.70. The van der Waals surface area contributed by atoms with Gasteiger partial charge in [-0.15, -0.1) is 0 Å². The zero-order valence-corrected chi connectivity index (χ0v) is 13.7. The Kier molecular flexibility index (Phi) is 3.87. The van der Waals surface area contributed by atoms with Crippen molar-refractivity contribution in [3.63, 3.8) is 0 Å². The van der Waals surface area contributed by atoms with E-state index in [4.69, 9.17) is 0 Å². The first-order valence-electron chi connectivity index (χ1n) is 7.44. The fraction of sp³-hybridized carbons (Fsp3) is 0.625. The zero-order chi connectivity index (χ0) is 15.9. The lowest BCUT2D eigenvalue weighted by atomic mass is 10.0. The van der Waals surface area contributed by atoms with E-state index in [0.717, 1.165) is 5.69 Å². The van der Waals surface area contributed by atoms with Gasteiger partial charge in [-0.05, 0) is 53.7 Å². The van der Waals surface area contributed by atoms with Gasteiger partial charge in [0.1, 0.15) is 6.04 Å². The first-order valence-corrected chi connectivity index (χ1v) is 7.44. The Morgan fingerprint density at radius 2 is 1.95 bits per heavy atom. The lowest BCUT2D eigenvalue weighted by molar-refractivity contribution is -0.148.